The number of aliphatic carboxylic acids is 1. The van der Waals surface area contributed by atoms with Crippen LogP contribution in [0.1, 0.15) is 131 Å². The number of carboxylic acids is 1. The lowest BCUT2D eigenvalue weighted by Crippen LogP contribution is -2.62. The van der Waals surface area contributed by atoms with Gasteiger partial charge in [-0.3, -0.25) is 33.7 Å². The van der Waals surface area contributed by atoms with Crippen LogP contribution in [0.2, 0.25) is 0 Å². The molecule has 8 aromatic rings. The molecule has 1 aromatic carbocycles. The monoisotopic (exact) mass is 1500 g/mol. The summed E-state index contributed by atoms with van der Waals surface area (Å²) in [4.78, 5) is 146. The average molecular weight is 1500 g/mol. The molecule has 10 atom stereocenters. The van der Waals surface area contributed by atoms with Crippen LogP contribution in [0, 0.1) is 0 Å². The lowest BCUT2D eigenvalue weighted by atomic mass is 9.85. The van der Waals surface area contributed by atoms with Crippen LogP contribution in [0.25, 0.3) is 49.3 Å². The summed E-state index contributed by atoms with van der Waals surface area (Å²) in [5.41, 5.74) is -2.27. The second-order valence-corrected chi connectivity index (χ2v) is 29.1. The number of aromatic nitrogens is 7. The van der Waals surface area contributed by atoms with Crippen molar-refractivity contribution in [3.8, 4) is 38.4 Å². The van der Waals surface area contributed by atoms with Crippen LogP contribution in [0.4, 0.5) is 0 Å². The number of aliphatic hydroxyl groups excluding tert-OH is 1. The molecule has 10 unspecified atom stereocenters. The number of rotatable bonds is 13. The Balaban J connectivity index is 1.02. The number of amides is 5. The number of carbonyl (C=O) groups is 8. The third-order valence-corrected chi connectivity index (χ3v) is 21.9. The van der Waals surface area contributed by atoms with Crippen LogP contribution < -0.4 is 26.6 Å². The van der Waals surface area contributed by atoms with Crippen LogP contribution in [-0.4, -0.2) is 220 Å². The van der Waals surface area contributed by atoms with E-state index in [4.69, 9.17) is 38.4 Å². The van der Waals surface area contributed by atoms with E-state index in [9.17, 15) is 44.8 Å². The molecule has 1 saturated heterocycles. The topological polar surface area (TPSA) is 442 Å². The second kappa shape index (κ2) is 29.9. The number of carboxylic acid groups (broad SMARTS) is 1. The van der Waals surface area contributed by atoms with Crippen LogP contribution >= 0.6 is 56.7 Å². The van der Waals surface area contributed by atoms with Crippen molar-refractivity contribution in [1.82, 2.24) is 71.0 Å². The Morgan fingerprint density at radius 2 is 1.62 bits per heavy atom. The van der Waals surface area contributed by atoms with E-state index in [1.165, 1.54) is 55.4 Å². The normalized spacial score (nSPS) is 23.6. The molecule has 11 heterocycles. The number of methoxy groups -OCH3 is 1. The molecule has 0 saturated carbocycles. The number of benzene rings is 1. The molecular weight excluding hydrogens is 1430 g/mol. The molecule has 10 N–H and O–H groups in total. The van der Waals surface area contributed by atoms with Crippen molar-refractivity contribution >= 4 is 121 Å². The fourth-order valence-corrected chi connectivity index (χ4v) is 16.6. The van der Waals surface area contributed by atoms with Gasteiger partial charge in [-0.1, -0.05) is 19.1 Å². The Hall–Kier alpha value is -9.32. The average Bonchev–Trinajstić information content (AvgIpc) is 1.57. The maximum atomic E-state index is 15.2. The number of aromatic hydroxyl groups is 1. The minimum absolute atomic E-state index is 0.00185. The predicted molar refractivity (Wildman–Crippen MR) is 366 cm³/mol. The number of pyridine rings is 1. The van der Waals surface area contributed by atoms with Crippen molar-refractivity contribution < 1.29 is 92.4 Å². The number of allylic oxidation sites excluding steroid dienone is 1. The predicted octanol–water partition coefficient (Wildman–Crippen LogP) is 4.30. The Labute approximate surface area is 599 Å². The highest BCUT2D eigenvalue weighted by atomic mass is 32.1. The summed E-state index contributed by atoms with van der Waals surface area (Å²) in [6, 6.07) is 0.708. The molecule has 38 heteroatoms. The van der Waals surface area contributed by atoms with E-state index in [2.05, 4.69) is 46.5 Å². The van der Waals surface area contributed by atoms with Crippen molar-refractivity contribution in [2.24, 2.45) is 0 Å². The number of carbonyl (C=O) groups excluding carboxylic acids is 7. The van der Waals surface area contributed by atoms with Gasteiger partial charge in [0, 0.05) is 57.5 Å². The number of nitrogens with one attached hydrogen (secondary N) is 5. The van der Waals surface area contributed by atoms with E-state index >= 15 is 19.2 Å². The molecule has 102 heavy (non-hydrogen) atoms. The second-order valence-electron chi connectivity index (χ2n) is 24.5. The molecule has 1 fully saturated rings. The first-order chi connectivity index (χ1) is 48.7. The molecule has 33 nitrogen and oxygen atoms in total. The molecule has 538 valence electrons. The van der Waals surface area contributed by atoms with Gasteiger partial charge in [0.1, 0.15) is 119 Å². The SMILES string of the molecule is CCN(CCNC(=O)c1csc(-c2nc3c(cc2O)-c2nc(cs2)C(=O)NC(C(C)O)C(=O)NC(=C(C)OC)c2nc(cs2)C(=O)NC2c4ncc(s4)C(=O)NC(COC(=O)c4c5c6c(cccc6n4O)COC(=O)C(OC4CC(C)(O)C(N(C)C)C(C)O4)C2OC5)c2nc-3cs2)n1)CC(=O)O. The Morgan fingerprint density at radius 3 is 2.33 bits per heavy atom. The fraction of sp³-hybridized carbons (Fsp3) is 0.406. The summed E-state index contributed by atoms with van der Waals surface area (Å²) in [6.45, 7) is 6.52. The zero-order chi connectivity index (χ0) is 72.7. The van der Waals surface area contributed by atoms with Gasteiger partial charge in [0.25, 0.3) is 23.6 Å². The summed E-state index contributed by atoms with van der Waals surface area (Å²) in [6.07, 6.45) is -6.35. The molecule has 4 aliphatic heterocycles. The largest absolute Gasteiger partial charge is 0.506 e. The van der Waals surface area contributed by atoms with Gasteiger partial charge >= 0.3 is 17.9 Å². The summed E-state index contributed by atoms with van der Waals surface area (Å²) in [5.74, 6) is -7.92. The van der Waals surface area contributed by atoms with Crippen LogP contribution in [0.5, 0.6) is 5.75 Å². The van der Waals surface area contributed by atoms with Crippen molar-refractivity contribution in [3.63, 3.8) is 0 Å². The number of hydrogen-bond donors (Lipinski definition) is 10. The Bertz CT molecular complexity index is 4630. The van der Waals surface area contributed by atoms with E-state index < -0.39 is 139 Å². The number of fused-ring (bicyclic) bond motifs is 15. The summed E-state index contributed by atoms with van der Waals surface area (Å²) in [7, 11) is 4.84. The van der Waals surface area contributed by atoms with Crippen molar-refractivity contribution in [1.29, 1.82) is 0 Å². The third kappa shape index (κ3) is 14.8. The number of cyclic esters (lactones) is 2. The number of hydrogen-bond acceptors (Lipinski definition) is 31. The van der Waals surface area contributed by atoms with E-state index in [1.807, 2.05) is 0 Å². The minimum atomic E-state index is -1.92. The zero-order valence-electron chi connectivity index (χ0n) is 55.6. The Morgan fingerprint density at radius 1 is 0.892 bits per heavy atom. The molecule has 5 amide bonds. The number of nitrogens with zero attached hydrogens (tertiary/aromatic N) is 9. The molecule has 4 aliphatic rings. The lowest BCUT2D eigenvalue weighted by Gasteiger charge is -2.48. The molecule has 12 bridgehead atoms. The molecule has 7 aromatic heterocycles. The quantitative estimate of drug-likeness (QED) is 0.0437. The maximum Gasteiger partial charge on any atom is 0.358 e. The van der Waals surface area contributed by atoms with E-state index in [0.29, 0.717) is 16.8 Å². The van der Waals surface area contributed by atoms with Crippen molar-refractivity contribution in [3.05, 3.63) is 112 Å². The van der Waals surface area contributed by atoms with E-state index in [1.54, 1.807) is 62.2 Å². The fourth-order valence-electron chi connectivity index (χ4n) is 12.4. The highest BCUT2D eigenvalue weighted by molar-refractivity contribution is 7.14. The first-order valence-corrected chi connectivity index (χ1v) is 35.9. The molecule has 0 aliphatic carbocycles. The number of likely N-dealkylation sites (N-methyl/N-ethyl adjacent to an activating group) is 2. The van der Waals surface area contributed by atoms with Gasteiger partial charge in [-0.25, -0.2) is 39.5 Å². The summed E-state index contributed by atoms with van der Waals surface area (Å²) < 4.78 is 38.3. The van der Waals surface area contributed by atoms with Gasteiger partial charge in [-0.2, -0.15) is 4.73 Å². The van der Waals surface area contributed by atoms with Crippen LogP contribution in [0.3, 0.4) is 0 Å². The number of esters is 2. The van der Waals surface area contributed by atoms with Crippen LogP contribution in [-0.2, 0) is 56.0 Å². The van der Waals surface area contributed by atoms with Gasteiger partial charge in [0.15, 0.2) is 18.1 Å². The number of ether oxygens (including phenoxy) is 6. The van der Waals surface area contributed by atoms with Gasteiger partial charge in [0.05, 0.1) is 55.8 Å². The van der Waals surface area contributed by atoms with Gasteiger partial charge in [-0.05, 0) is 66.0 Å². The van der Waals surface area contributed by atoms with Gasteiger partial charge < -0.3 is 85.5 Å². The molecule has 12 rings (SSSR count). The van der Waals surface area contributed by atoms with Crippen LogP contribution in [0.15, 0.2) is 57.7 Å². The first-order valence-electron chi connectivity index (χ1n) is 31.6. The van der Waals surface area contributed by atoms with Crippen molar-refractivity contribution in [2.45, 2.75) is 115 Å². The van der Waals surface area contributed by atoms with Crippen molar-refractivity contribution in [2.75, 3.05) is 54.0 Å². The highest BCUT2D eigenvalue weighted by Crippen LogP contribution is 2.43. The minimum Gasteiger partial charge on any atom is -0.506 e. The van der Waals surface area contributed by atoms with E-state index in [-0.39, 0.29) is 124 Å². The zero-order valence-corrected chi connectivity index (χ0v) is 59.6. The molecule has 0 radical (unpaired) electrons. The Kier molecular flexibility index (Phi) is 21.3. The first kappa shape index (κ1) is 72.5. The maximum absolute atomic E-state index is 15.2. The summed E-state index contributed by atoms with van der Waals surface area (Å²) in [5, 5.41) is 76.3. The smallest absolute Gasteiger partial charge is 0.358 e. The van der Waals surface area contributed by atoms with Gasteiger partial charge in [-0.15, -0.1) is 56.7 Å². The molecule has 0 spiro atoms. The highest BCUT2D eigenvalue weighted by Gasteiger charge is 2.50. The standard InChI is InChI=1S/C64H68N14O19S5/c1-9-77(18-40(81)82)14-13-65-52(83)34-23-101-61(70-34)46-38(80)15-30-45(72-46)33-22-99-58(68-33)32-21-95-62(88)48-31-20-93-49(50(97-41-16-64(5,90)51(76(6)7)28(4)96-41)63(89)94-19-29-11-10-12-37(42(29)31)78(48)91)47(59-66-17-39(102-59)55(86)67-32)75-54(85)36-25-100-60(71-36)44(27(3)92-8)74-56(87)43(26(2)79)73-53(84)35-24-98-57(30)69-35/h10-12,15,17,22-26,28,32,41,43,47,49-51,79-80,90-91H,9,13-14,16,18-21H2,1-8H3,(H,65,83)(H,67,86)(H,73,84)(H,74,87)(H,75,85)(H,81,82). The third-order valence-electron chi connectivity index (χ3n) is 17.3. The molecular formula is C64H68N14O19S5. The van der Waals surface area contributed by atoms with E-state index in [0.717, 1.165) is 56.7 Å². The number of aliphatic hydroxyl groups is 2. The summed E-state index contributed by atoms with van der Waals surface area (Å²) >= 11 is 4.48. The van der Waals surface area contributed by atoms with Gasteiger partial charge in [0.2, 0.25) is 5.91 Å². The lowest BCUT2D eigenvalue weighted by molar-refractivity contribution is -0.280. The number of thiazole rings is 5.